The lowest BCUT2D eigenvalue weighted by atomic mass is 9.87. The summed E-state index contributed by atoms with van der Waals surface area (Å²) in [7, 11) is 0. The topological polar surface area (TPSA) is 29.5 Å². The van der Waals surface area contributed by atoms with Crippen molar-refractivity contribution in [3.8, 4) is 0 Å². The van der Waals surface area contributed by atoms with E-state index in [1.807, 2.05) is 0 Å². The predicted octanol–water partition coefficient (Wildman–Crippen LogP) is 4.29. The van der Waals surface area contributed by atoms with Crippen LogP contribution in [0.15, 0.2) is 54.6 Å². The maximum absolute atomic E-state index is 13.1. The molecule has 1 amide bonds. The van der Waals surface area contributed by atoms with E-state index < -0.39 is 23.2 Å². The highest BCUT2D eigenvalue weighted by atomic mass is 19.4. The minimum absolute atomic E-state index is 0.287. The molecule has 1 aliphatic rings. The van der Waals surface area contributed by atoms with Gasteiger partial charge in [-0.2, -0.15) is 18.2 Å². The van der Waals surface area contributed by atoms with Gasteiger partial charge in [-0.05, 0) is 24.1 Å². The molecule has 120 valence electrons. The van der Waals surface area contributed by atoms with E-state index in [2.05, 4.69) is 0 Å². The van der Waals surface area contributed by atoms with Crippen molar-refractivity contribution < 1.29 is 22.8 Å². The largest absolute Gasteiger partial charge is 0.418 e. The molecule has 0 bridgehead atoms. The fourth-order valence-electron chi connectivity index (χ4n) is 2.71. The third-order valence-electron chi connectivity index (χ3n) is 3.94. The molecule has 1 unspecified atom stereocenters. The van der Waals surface area contributed by atoms with Gasteiger partial charge in [-0.3, -0.25) is 4.79 Å². The van der Waals surface area contributed by atoms with Crippen LogP contribution in [-0.4, -0.2) is 5.91 Å². The van der Waals surface area contributed by atoms with Gasteiger partial charge in [0.25, 0.3) is 5.91 Å². The normalized spacial score (nSPS) is 21.2. The second-order valence-corrected chi connectivity index (χ2v) is 5.25. The van der Waals surface area contributed by atoms with Gasteiger partial charge < -0.3 is 0 Å². The van der Waals surface area contributed by atoms with Crippen LogP contribution in [-0.2, 0) is 21.4 Å². The fourth-order valence-corrected chi connectivity index (χ4v) is 2.71. The molecule has 0 aromatic heterocycles. The van der Waals surface area contributed by atoms with Crippen molar-refractivity contribution in [3.05, 3.63) is 65.7 Å². The Morgan fingerprint density at radius 1 is 1.04 bits per heavy atom. The van der Waals surface area contributed by atoms with Crippen molar-refractivity contribution in [3.63, 3.8) is 0 Å². The molecule has 0 aliphatic carbocycles. The number of amides is 1. The average molecular weight is 321 g/mol. The highest BCUT2D eigenvalue weighted by molar-refractivity contribution is 6.03. The van der Waals surface area contributed by atoms with Crippen LogP contribution >= 0.6 is 0 Å². The molecule has 3 nitrogen and oxygen atoms in total. The SMILES string of the molecule is CCC1(c2ccccc2)ON(c2ccccc2C(F)(F)F)C1=O. The number of carbonyl (C=O) groups excluding carboxylic acids is 1. The molecule has 1 saturated heterocycles. The molecule has 1 fully saturated rings. The quantitative estimate of drug-likeness (QED) is 0.844. The van der Waals surface area contributed by atoms with Crippen LogP contribution in [0.4, 0.5) is 18.9 Å². The maximum atomic E-state index is 13.1. The standard InChI is InChI=1S/C17H14F3NO2/c1-2-16(12-8-4-3-5-9-12)15(22)21(23-16)14-11-7-6-10-13(14)17(18,19)20/h3-11H,2H2,1H3. The molecule has 0 saturated carbocycles. The van der Waals surface area contributed by atoms with Crippen molar-refractivity contribution in [2.75, 3.05) is 5.06 Å². The first-order valence-corrected chi connectivity index (χ1v) is 7.15. The Labute approximate surface area is 131 Å². The number of benzene rings is 2. The fraction of sp³-hybridized carbons (Fsp3) is 0.235. The zero-order valence-corrected chi connectivity index (χ0v) is 12.3. The van der Waals surface area contributed by atoms with E-state index in [1.165, 1.54) is 18.2 Å². The number of hydrogen-bond acceptors (Lipinski definition) is 2. The summed E-state index contributed by atoms with van der Waals surface area (Å²) in [6.45, 7) is 1.76. The van der Waals surface area contributed by atoms with E-state index in [-0.39, 0.29) is 5.69 Å². The third kappa shape index (κ3) is 2.39. The lowest BCUT2D eigenvalue weighted by Gasteiger charge is -2.47. The smallest absolute Gasteiger partial charge is 0.268 e. The second-order valence-electron chi connectivity index (χ2n) is 5.25. The van der Waals surface area contributed by atoms with Crippen LogP contribution in [0.25, 0.3) is 0 Å². The number of carbonyl (C=O) groups is 1. The van der Waals surface area contributed by atoms with Gasteiger partial charge in [-0.1, -0.05) is 49.4 Å². The Morgan fingerprint density at radius 3 is 2.22 bits per heavy atom. The molecule has 0 N–H and O–H groups in total. The van der Waals surface area contributed by atoms with Gasteiger partial charge in [0.05, 0.1) is 11.3 Å². The summed E-state index contributed by atoms with van der Waals surface area (Å²) < 4.78 is 39.3. The first-order chi connectivity index (χ1) is 10.9. The Kier molecular flexibility index (Phi) is 3.64. The Morgan fingerprint density at radius 2 is 1.65 bits per heavy atom. The van der Waals surface area contributed by atoms with E-state index in [0.29, 0.717) is 12.0 Å². The molecular formula is C17H14F3NO2. The van der Waals surface area contributed by atoms with Crippen LogP contribution < -0.4 is 5.06 Å². The number of hydrogen-bond donors (Lipinski definition) is 0. The second kappa shape index (κ2) is 5.38. The minimum Gasteiger partial charge on any atom is -0.268 e. The van der Waals surface area contributed by atoms with Crippen LogP contribution in [0.1, 0.15) is 24.5 Å². The molecule has 0 radical (unpaired) electrons. The highest BCUT2D eigenvalue weighted by Gasteiger charge is 2.56. The van der Waals surface area contributed by atoms with E-state index in [9.17, 15) is 18.0 Å². The Bertz CT molecular complexity index is 730. The Balaban J connectivity index is 1.97. The summed E-state index contributed by atoms with van der Waals surface area (Å²) in [5.41, 5.74) is -1.77. The van der Waals surface area contributed by atoms with E-state index >= 15 is 0 Å². The third-order valence-corrected chi connectivity index (χ3v) is 3.94. The first kappa shape index (κ1) is 15.6. The average Bonchev–Trinajstić information content (AvgIpc) is 2.55. The van der Waals surface area contributed by atoms with Crippen LogP contribution in [0.5, 0.6) is 0 Å². The highest BCUT2D eigenvalue weighted by Crippen LogP contribution is 2.46. The van der Waals surface area contributed by atoms with Crippen molar-refractivity contribution in [2.24, 2.45) is 0 Å². The molecule has 1 heterocycles. The van der Waals surface area contributed by atoms with Gasteiger partial charge in [-0.25, -0.2) is 4.84 Å². The van der Waals surface area contributed by atoms with Gasteiger partial charge in [0.15, 0.2) is 0 Å². The number of anilines is 1. The zero-order valence-electron chi connectivity index (χ0n) is 12.3. The number of para-hydroxylation sites is 1. The Hall–Kier alpha value is -2.34. The van der Waals surface area contributed by atoms with Gasteiger partial charge in [-0.15, -0.1) is 0 Å². The molecule has 1 atom stereocenters. The molecular weight excluding hydrogens is 307 g/mol. The number of rotatable bonds is 3. The van der Waals surface area contributed by atoms with Crippen molar-refractivity contribution in [1.29, 1.82) is 0 Å². The molecule has 3 rings (SSSR count). The lowest BCUT2D eigenvalue weighted by Crippen LogP contribution is -2.62. The number of hydroxylamine groups is 1. The van der Waals surface area contributed by atoms with E-state index in [4.69, 9.17) is 4.84 Å². The molecule has 23 heavy (non-hydrogen) atoms. The molecule has 2 aromatic carbocycles. The van der Waals surface area contributed by atoms with Crippen molar-refractivity contribution in [2.45, 2.75) is 25.1 Å². The summed E-state index contributed by atoms with van der Waals surface area (Å²) in [4.78, 5) is 18.2. The van der Waals surface area contributed by atoms with Gasteiger partial charge in [0.1, 0.15) is 0 Å². The number of nitrogens with zero attached hydrogens (tertiary/aromatic N) is 1. The molecule has 2 aromatic rings. The number of alkyl halides is 3. The maximum Gasteiger partial charge on any atom is 0.418 e. The van der Waals surface area contributed by atoms with Crippen molar-refractivity contribution >= 4 is 11.6 Å². The van der Waals surface area contributed by atoms with Crippen LogP contribution in [0.3, 0.4) is 0 Å². The van der Waals surface area contributed by atoms with E-state index in [1.54, 1.807) is 37.3 Å². The summed E-state index contributed by atoms with van der Waals surface area (Å²) in [5, 5.41) is 0.735. The monoisotopic (exact) mass is 321 g/mol. The van der Waals surface area contributed by atoms with Gasteiger partial charge in [0.2, 0.25) is 5.60 Å². The van der Waals surface area contributed by atoms with Crippen LogP contribution in [0.2, 0.25) is 0 Å². The van der Waals surface area contributed by atoms with Crippen molar-refractivity contribution in [1.82, 2.24) is 0 Å². The molecule has 1 aliphatic heterocycles. The summed E-state index contributed by atoms with van der Waals surface area (Å²) in [6.07, 6.45) is -4.22. The van der Waals surface area contributed by atoms with E-state index in [0.717, 1.165) is 11.1 Å². The zero-order chi connectivity index (χ0) is 16.7. The van der Waals surface area contributed by atoms with Gasteiger partial charge >= 0.3 is 6.18 Å². The predicted molar refractivity (Wildman–Crippen MR) is 78.4 cm³/mol. The minimum atomic E-state index is -4.56. The summed E-state index contributed by atoms with van der Waals surface area (Å²) in [5.74, 6) is -0.497. The molecule has 0 spiro atoms. The van der Waals surface area contributed by atoms with Gasteiger partial charge in [0, 0.05) is 0 Å². The molecule has 6 heteroatoms. The summed E-state index contributed by atoms with van der Waals surface area (Å²) in [6, 6.07) is 13.7. The number of halogens is 3. The lowest BCUT2D eigenvalue weighted by molar-refractivity contribution is -0.192. The first-order valence-electron chi connectivity index (χ1n) is 7.15. The summed E-state index contributed by atoms with van der Waals surface area (Å²) >= 11 is 0. The van der Waals surface area contributed by atoms with Crippen LogP contribution in [0, 0.1) is 0 Å².